The molecule has 0 spiro atoms. The molecule has 0 aliphatic heterocycles. The molecule has 1 atom stereocenters. The molecule has 0 saturated heterocycles. The summed E-state index contributed by atoms with van der Waals surface area (Å²) in [6, 6.07) is 8.04. The van der Waals surface area contributed by atoms with Crippen LogP contribution in [0.4, 0.5) is 0 Å². The Kier molecular flexibility index (Phi) is 5.64. The lowest BCUT2D eigenvalue weighted by atomic mass is 10.3. The average Bonchev–Trinajstić information content (AvgIpc) is 2.82. The number of hydrogen-bond donors (Lipinski definition) is 1. The molecular weight excluding hydrogens is 286 g/mol. The normalized spacial score (nSPS) is 12.5. The van der Waals surface area contributed by atoms with Crippen molar-refractivity contribution in [2.24, 2.45) is 0 Å². The summed E-state index contributed by atoms with van der Waals surface area (Å²) in [5, 5.41) is 3.78. The molecule has 114 valence electrons. The highest BCUT2D eigenvalue weighted by Crippen LogP contribution is 2.23. The predicted molar refractivity (Wildman–Crippen MR) is 85.6 cm³/mol. The molecule has 21 heavy (non-hydrogen) atoms. The van der Waals surface area contributed by atoms with Gasteiger partial charge in [-0.3, -0.25) is 4.79 Å². The van der Waals surface area contributed by atoms with Gasteiger partial charge in [-0.2, -0.15) is 0 Å². The van der Waals surface area contributed by atoms with Crippen LogP contribution < -0.4 is 5.32 Å². The number of para-hydroxylation sites is 2. The Balaban J connectivity index is 2.01. The monoisotopic (exact) mass is 307 g/mol. The number of ether oxygens (including phenoxy) is 1. The molecule has 1 N–H and O–H groups in total. The summed E-state index contributed by atoms with van der Waals surface area (Å²) in [6.07, 6.45) is 0. The maximum absolute atomic E-state index is 11.9. The van der Waals surface area contributed by atoms with Crippen molar-refractivity contribution >= 4 is 28.7 Å². The lowest BCUT2D eigenvalue weighted by Crippen LogP contribution is -2.36. The van der Waals surface area contributed by atoms with Crippen LogP contribution in [0.3, 0.4) is 0 Å². The van der Waals surface area contributed by atoms with Gasteiger partial charge >= 0.3 is 0 Å². The van der Waals surface area contributed by atoms with E-state index in [4.69, 9.17) is 4.74 Å². The zero-order valence-corrected chi connectivity index (χ0v) is 13.4. The van der Waals surface area contributed by atoms with Gasteiger partial charge in [0.2, 0.25) is 5.91 Å². The van der Waals surface area contributed by atoms with Crippen molar-refractivity contribution in [3.8, 4) is 0 Å². The number of nitrogens with zero attached hydrogens (tertiary/aromatic N) is 2. The fourth-order valence-electron chi connectivity index (χ4n) is 2.21. The van der Waals surface area contributed by atoms with E-state index >= 15 is 0 Å². The SMILES string of the molecule is CCn1c(SCC(=O)NC(C)COC)nc2ccccc21. The lowest BCUT2D eigenvalue weighted by molar-refractivity contribution is -0.119. The molecule has 0 bridgehead atoms. The van der Waals surface area contributed by atoms with E-state index in [-0.39, 0.29) is 11.9 Å². The fourth-order valence-corrected chi connectivity index (χ4v) is 3.10. The van der Waals surface area contributed by atoms with E-state index in [1.807, 2.05) is 25.1 Å². The molecule has 0 aliphatic carbocycles. The van der Waals surface area contributed by atoms with Crippen molar-refractivity contribution in [2.45, 2.75) is 31.6 Å². The Morgan fingerprint density at radius 3 is 2.95 bits per heavy atom. The lowest BCUT2D eigenvalue weighted by Gasteiger charge is -2.12. The number of carbonyl (C=O) groups excluding carboxylic acids is 1. The zero-order chi connectivity index (χ0) is 15.2. The van der Waals surface area contributed by atoms with Crippen molar-refractivity contribution in [3.63, 3.8) is 0 Å². The number of nitrogens with one attached hydrogen (secondary N) is 1. The molecule has 2 aromatic rings. The highest BCUT2D eigenvalue weighted by Gasteiger charge is 2.12. The zero-order valence-electron chi connectivity index (χ0n) is 12.6. The number of imidazole rings is 1. The number of aromatic nitrogens is 2. The Morgan fingerprint density at radius 2 is 2.24 bits per heavy atom. The number of methoxy groups -OCH3 is 1. The number of hydrogen-bond acceptors (Lipinski definition) is 4. The smallest absolute Gasteiger partial charge is 0.230 e. The van der Waals surface area contributed by atoms with Gasteiger partial charge < -0.3 is 14.6 Å². The second kappa shape index (κ2) is 7.47. The second-order valence-electron chi connectivity index (χ2n) is 4.84. The highest BCUT2D eigenvalue weighted by atomic mass is 32.2. The van der Waals surface area contributed by atoms with Crippen LogP contribution >= 0.6 is 11.8 Å². The predicted octanol–water partition coefficient (Wildman–Crippen LogP) is 2.30. The Hall–Kier alpha value is -1.53. The summed E-state index contributed by atoms with van der Waals surface area (Å²) < 4.78 is 7.14. The summed E-state index contributed by atoms with van der Waals surface area (Å²) in [5.41, 5.74) is 2.07. The van der Waals surface area contributed by atoms with Gasteiger partial charge in [0.25, 0.3) is 0 Å². The van der Waals surface area contributed by atoms with Crippen LogP contribution in [-0.2, 0) is 16.1 Å². The van der Waals surface area contributed by atoms with Crippen molar-refractivity contribution in [1.29, 1.82) is 0 Å². The van der Waals surface area contributed by atoms with Crippen molar-refractivity contribution in [3.05, 3.63) is 24.3 Å². The van der Waals surface area contributed by atoms with Crippen LogP contribution in [0.15, 0.2) is 29.4 Å². The van der Waals surface area contributed by atoms with E-state index in [1.54, 1.807) is 7.11 Å². The van der Waals surface area contributed by atoms with Crippen LogP contribution in [0, 0.1) is 0 Å². The van der Waals surface area contributed by atoms with E-state index in [0.717, 1.165) is 22.7 Å². The van der Waals surface area contributed by atoms with Gasteiger partial charge in [0.15, 0.2) is 5.16 Å². The molecule has 2 rings (SSSR count). The van der Waals surface area contributed by atoms with E-state index in [1.165, 1.54) is 11.8 Å². The minimum absolute atomic E-state index is 0.000686. The molecule has 6 heteroatoms. The molecule has 0 fully saturated rings. The van der Waals surface area contributed by atoms with Crippen molar-refractivity contribution in [2.75, 3.05) is 19.5 Å². The first kappa shape index (κ1) is 15.9. The second-order valence-corrected chi connectivity index (χ2v) is 5.78. The van der Waals surface area contributed by atoms with Gasteiger partial charge in [0.05, 0.1) is 23.4 Å². The number of thioether (sulfide) groups is 1. The van der Waals surface area contributed by atoms with Crippen LogP contribution in [0.2, 0.25) is 0 Å². The number of benzene rings is 1. The third-order valence-electron chi connectivity index (χ3n) is 3.09. The number of carbonyl (C=O) groups is 1. The standard InChI is InChI=1S/C15H21N3O2S/c1-4-18-13-8-6-5-7-12(13)17-15(18)21-10-14(19)16-11(2)9-20-3/h5-8,11H,4,9-10H2,1-3H3,(H,16,19). The first-order valence-corrected chi connectivity index (χ1v) is 8.00. The molecule has 0 aliphatic rings. The number of fused-ring (bicyclic) bond motifs is 1. The summed E-state index contributed by atoms with van der Waals surface area (Å²) in [7, 11) is 1.63. The molecule has 5 nitrogen and oxygen atoms in total. The van der Waals surface area contributed by atoms with Gasteiger partial charge in [0, 0.05) is 19.7 Å². The maximum atomic E-state index is 11.9. The van der Waals surface area contributed by atoms with Crippen molar-refractivity contribution < 1.29 is 9.53 Å². The largest absolute Gasteiger partial charge is 0.383 e. The molecule has 0 saturated carbocycles. The molecule has 1 amide bonds. The fraction of sp³-hybridized carbons (Fsp3) is 0.467. The Morgan fingerprint density at radius 1 is 1.48 bits per heavy atom. The summed E-state index contributed by atoms with van der Waals surface area (Å²) in [4.78, 5) is 16.5. The van der Waals surface area contributed by atoms with Gasteiger partial charge in [-0.1, -0.05) is 23.9 Å². The first-order chi connectivity index (χ1) is 10.2. The highest BCUT2D eigenvalue weighted by molar-refractivity contribution is 7.99. The topological polar surface area (TPSA) is 56.2 Å². The molecule has 1 aromatic heterocycles. The number of aryl methyl sites for hydroxylation is 1. The molecule has 1 aromatic carbocycles. The van der Waals surface area contributed by atoms with Crippen LogP contribution in [0.1, 0.15) is 13.8 Å². The minimum Gasteiger partial charge on any atom is -0.383 e. The number of amides is 1. The molecular formula is C15H21N3O2S. The van der Waals surface area contributed by atoms with Crippen LogP contribution in [0.5, 0.6) is 0 Å². The maximum Gasteiger partial charge on any atom is 0.230 e. The van der Waals surface area contributed by atoms with Gasteiger partial charge in [-0.15, -0.1) is 0 Å². The van der Waals surface area contributed by atoms with E-state index in [9.17, 15) is 4.79 Å². The quantitative estimate of drug-likeness (QED) is 0.798. The van der Waals surface area contributed by atoms with E-state index in [2.05, 4.69) is 27.9 Å². The van der Waals surface area contributed by atoms with Crippen molar-refractivity contribution in [1.82, 2.24) is 14.9 Å². The van der Waals surface area contributed by atoms with Crippen LogP contribution in [0.25, 0.3) is 11.0 Å². The molecule has 0 radical (unpaired) electrons. The summed E-state index contributed by atoms with van der Waals surface area (Å²) in [5.74, 6) is 0.358. The Labute approximate surface area is 129 Å². The van der Waals surface area contributed by atoms with Gasteiger partial charge in [-0.05, 0) is 26.0 Å². The van der Waals surface area contributed by atoms with E-state index in [0.29, 0.717) is 12.4 Å². The Bertz CT molecular complexity index is 612. The van der Waals surface area contributed by atoms with Crippen LogP contribution in [-0.4, -0.2) is 41.0 Å². The van der Waals surface area contributed by atoms with Gasteiger partial charge in [0.1, 0.15) is 0 Å². The molecule has 1 heterocycles. The minimum atomic E-state index is -0.000686. The molecule has 1 unspecified atom stereocenters. The average molecular weight is 307 g/mol. The third kappa shape index (κ3) is 3.98. The van der Waals surface area contributed by atoms with Gasteiger partial charge in [-0.25, -0.2) is 4.98 Å². The number of rotatable bonds is 7. The summed E-state index contributed by atoms with van der Waals surface area (Å²) in [6.45, 7) is 5.36. The summed E-state index contributed by atoms with van der Waals surface area (Å²) >= 11 is 1.46. The third-order valence-corrected chi connectivity index (χ3v) is 4.07. The first-order valence-electron chi connectivity index (χ1n) is 7.02. The van der Waals surface area contributed by atoms with E-state index < -0.39 is 0 Å².